The number of hydrogen-bond donors (Lipinski definition) is 2. The number of nitrogens with one attached hydrogen (secondary N) is 2. The monoisotopic (exact) mass is 414 g/mol. The van der Waals surface area contributed by atoms with Gasteiger partial charge < -0.3 is 10.6 Å². The Hall–Kier alpha value is -2.96. The Morgan fingerprint density at radius 1 is 0.893 bits per heavy atom. The first-order valence-corrected chi connectivity index (χ1v) is 9.13. The molecular formula is C20H16Cl2N4O2. The lowest BCUT2D eigenvalue weighted by molar-refractivity contribution is 0.0939. The van der Waals surface area contributed by atoms with Gasteiger partial charge in [0.1, 0.15) is 0 Å². The minimum absolute atomic E-state index is 0.256. The summed E-state index contributed by atoms with van der Waals surface area (Å²) in [6.07, 6.45) is 5.81. The number of amides is 2. The highest BCUT2D eigenvalue weighted by Gasteiger charge is 2.18. The van der Waals surface area contributed by atoms with E-state index >= 15 is 0 Å². The number of carbonyl (C=O) groups is 2. The third-order valence-electron chi connectivity index (χ3n) is 4.06. The molecule has 0 fully saturated rings. The second-order valence-corrected chi connectivity index (χ2v) is 6.76. The van der Waals surface area contributed by atoms with Gasteiger partial charge in [0.05, 0.1) is 27.2 Å². The molecule has 142 valence electrons. The molecule has 3 rings (SSSR count). The van der Waals surface area contributed by atoms with E-state index in [1.54, 1.807) is 18.2 Å². The first kappa shape index (κ1) is 19.8. The minimum Gasteiger partial charge on any atom is -0.345 e. The van der Waals surface area contributed by atoms with Gasteiger partial charge in [0, 0.05) is 30.5 Å². The van der Waals surface area contributed by atoms with Gasteiger partial charge in [0.25, 0.3) is 11.8 Å². The topological polar surface area (TPSA) is 84.0 Å². The van der Waals surface area contributed by atoms with Crippen molar-refractivity contribution in [2.75, 3.05) is 5.32 Å². The van der Waals surface area contributed by atoms with E-state index in [1.165, 1.54) is 30.9 Å². The molecule has 0 spiro atoms. The second kappa shape index (κ2) is 8.82. The lowest BCUT2D eigenvalue weighted by Crippen LogP contribution is -2.28. The summed E-state index contributed by atoms with van der Waals surface area (Å²) >= 11 is 12.1. The van der Waals surface area contributed by atoms with E-state index in [2.05, 4.69) is 20.6 Å². The number of nitrogens with zero attached hydrogens (tertiary/aromatic N) is 2. The van der Waals surface area contributed by atoms with E-state index in [0.29, 0.717) is 16.8 Å². The van der Waals surface area contributed by atoms with Gasteiger partial charge in [-0.25, -0.2) is 0 Å². The summed E-state index contributed by atoms with van der Waals surface area (Å²) in [4.78, 5) is 32.8. The molecule has 0 saturated heterocycles. The van der Waals surface area contributed by atoms with Crippen LogP contribution >= 0.6 is 23.2 Å². The number of halogens is 2. The number of carbonyl (C=O) groups excluding carboxylic acids is 2. The maximum absolute atomic E-state index is 12.6. The Kier molecular flexibility index (Phi) is 6.23. The van der Waals surface area contributed by atoms with Crippen molar-refractivity contribution in [3.63, 3.8) is 0 Å². The van der Waals surface area contributed by atoms with Crippen LogP contribution in [0.1, 0.15) is 39.2 Å². The van der Waals surface area contributed by atoms with E-state index < -0.39 is 0 Å². The van der Waals surface area contributed by atoms with Crippen molar-refractivity contribution < 1.29 is 9.59 Å². The van der Waals surface area contributed by atoms with Gasteiger partial charge in [-0.2, -0.15) is 0 Å². The number of pyridine rings is 2. The van der Waals surface area contributed by atoms with E-state index in [9.17, 15) is 9.59 Å². The van der Waals surface area contributed by atoms with Crippen LogP contribution in [0.2, 0.25) is 10.0 Å². The average molecular weight is 415 g/mol. The number of aromatic nitrogens is 2. The molecule has 1 aromatic carbocycles. The molecular weight excluding hydrogens is 399 g/mol. The largest absolute Gasteiger partial charge is 0.345 e. The van der Waals surface area contributed by atoms with Gasteiger partial charge in [-0.05, 0) is 30.7 Å². The van der Waals surface area contributed by atoms with Crippen LogP contribution in [0.25, 0.3) is 0 Å². The molecule has 0 radical (unpaired) electrons. The van der Waals surface area contributed by atoms with Crippen LogP contribution in [0, 0.1) is 0 Å². The lowest BCUT2D eigenvalue weighted by Gasteiger charge is -2.19. The van der Waals surface area contributed by atoms with Gasteiger partial charge in [-0.1, -0.05) is 41.4 Å². The number of hydrogen-bond acceptors (Lipinski definition) is 4. The summed E-state index contributed by atoms with van der Waals surface area (Å²) in [5.74, 6) is -0.700. The smallest absolute Gasteiger partial charge is 0.257 e. The number of rotatable bonds is 5. The summed E-state index contributed by atoms with van der Waals surface area (Å²) in [6, 6.07) is 9.89. The van der Waals surface area contributed by atoms with Crippen LogP contribution in [0.15, 0.2) is 61.2 Å². The van der Waals surface area contributed by atoms with Crippen molar-refractivity contribution in [2.24, 2.45) is 0 Å². The molecule has 0 saturated carbocycles. The molecule has 2 N–H and O–H groups in total. The normalized spacial score (nSPS) is 11.5. The minimum atomic E-state index is -0.388. The zero-order valence-corrected chi connectivity index (χ0v) is 16.3. The Balaban J connectivity index is 1.80. The zero-order chi connectivity index (χ0) is 20.1. The summed E-state index contributed by atoms with van der Waals surface area (Å²) in [7, 11) is 0. The van der Waals surface area contributed by atoms with Crippen molar-refractivity contribution >= 4 is 40.7 Å². The number of anilines is 1. The summed E-state index contributed by atoms with van der Waals surface area (Å²) < 4.78 is 0. The number of para-hydroxylation sites is 1. The van der Waals surface area contributed by atoms with E-state index in [0.717, 1.165) is 5.56 Å². The third kappa shape index (κ3) is 4.47. The molecule has 2 amide bonds. The molecule has 2 aromatic heterocycles. The Bertz CT molecular complexity index is 1030. The first-order chi connectivity index (χ1) is 13.5. The SMILES string of the molecule is CC(NC(=O)c1ccncc1Cl)c1ccccc1NC(=O)c1ccncc1Cl. The van der Waals surface area contributed by atoms with Crippen LogP contribution in [0.4, 0.5) is 5.69 Å². The molecule has 3 aromatic rings. The highest BCUT2D eigenvalue weighted by atomic mass is 35.5. The molecule has 0 aliphatic carbocycles. The molecule has 1 unspecified atom stereocenters. The Morgan fingerprint density at radius 3 is 2.07 bits per heavy atom. The Labute approximate surface area is 171 Å². The van der Waals surface area contributed by atoms with Gasteiger partial charge in [0.15, 0.2) is 0 Å². The zero-order valence-electron chi connectivity index (χ0n) is 14.8. The van der Waals surface area contributed by atoms with Gasteiger partial charge in [0.2, 0.25) is 0 Å². The van der Waals surface area contributed by atoms with Crippen LogP contribution in [-0.2, 0) is 0 Å². The molecule has 8 heteroatoms. The summed E-state index contributed by atoms with van der Waals surface area (Å²) in [5.41, 5.74) is 1.94. The predicted molar refractivity (Wildman–Crippen MR) is 109 cm³/mol. The highest BCUT2D eigenvalue weighted by Crippen LogP contribution is 2.25. The fourth-order valence-electron chi connectivity index (χ4n) is 2.65. The highest BCUT2D eigenvalue weighted by molar-refractivity contribution is 6.34. The van der Waals surface area contributed by atoms with E-state index in [4.69, 9.17) is 23.2 Å². The summed E-state index contributed by atoms with van der Waals surface area (Å²) in [5, 5.41) is 6.23. The van der Waals surface area contributed by atoms with Gasteiger partial charge in [-0.15, -0.1) is 0 Å². The number of benzene rings is 1. The van der Waals surface area contributed by atoms with Crippen LogP contribution < -0.4 is 10.6 Å². The summed E-state index contributed by atoms with van der Waals surface area (Å²) in [6.45, 7) is 1.82. The molecule has 28 heavy (non-hydrogen) atoms. The average Bonchev–Trinajstić information content (AvgIpc) is 2.68. The molecule has 6 nitrogen and oxygen atoms in total. The van der Waals surface area contributed by atoms with Crippen molar-refractivity contribution in [2.45, 2.75) is 13.0 Å². The van der Waals surface area contributed by atoms with Crippen molar-refractivity contribution in [3.05, 3.63) is 87.9 Å². The van der Waals surface area contributed by atoms with Crippen molar-refractivity contribution in [1.82, 2.24) is 15.3 Å². The van der Waals surface area contributed by atoms with Crippen molar-refractivity contribution in [1.29, 1.82) is 0 Å². The standard InChI is InChI=1S/C20H16Cl2N4O2/c1-12(25-19(27)14-6-8-23-10-16(14)21)13-4-2-3-5-18(13)26-20(28)15-7-9-24-11-17(15)22/h2-12H,1H3,(H,25,27)(H,26,28). The van der Waals surface area contributed by atoms with E-state index in [1.807, 2.05) is 19.1 Å². The quantitative estimate of drug-likeness (QED) is 0.642. The fraction of sp³-hybridized carbons (Fsp3) is 0.100. The molecule has 0 aliphatic heterocycles. The molecule has 2 heterocycles. The Morgan fingerprint density at radius 2 is 1.46 bits per heavy atom. The molecule has 0 bridgehead atoms. The van der Waals surface area contributed by atoms with Gasteiger partial charge >= 0.3 is 0 Å². The van der Waals surface area contributed by atoms with Crippen molar-refractivity contribution in [3.8, 4) is 0 Å². The lowest BCUT2D eigenvalue weighted by atomic mass is 10.0. The maximum Gasteiger partial charge on any atom is 0.257 e. The molecule has 1 atom stereocenters. The van der Waals surface area contributed by atoms with E-state index in [-0.39, 0.29) is 27.9 Å². The second-order valence-electron chi connectivity index (χ2n) is 5.95. The van der Waals surface area contributed by atoms with Gasteiger partial charge in [-0.3, -0.25) is 19.6 Å². The van der Waals surface area contributed by atoms with Crippen LogP contribution in [0.3, 0.4) is 0 Å². The fourth-order valence-corrected chi connectivity index (χ4v) is 3.06. The predicted octanol–water partition coefficient (Wildman–Crippen LogP) is 4.53. The van der Waals surface area contributed by atoms with Crippen LogP contribution in [-0.4, -0.2) is 21.8 Å². The first-order valence-electron chi connectivity index (χ1n) is 8.37. The maximum atomic E-state index is 12.6. The molecule has 0 aliphatic rings. The van der Waals surface area contributed by atoms with Crippen LogP contribution in [0.5, 0.6) is 0 Å². The third-order valence-corrected chi connectivity index (χ3v) is 4.66.